The maximum atomic E-state index is 12.7. The van der Waals surface area contributed by atoms with Crippen molar-refractivity contribution in [3.05, 3.63) is 59.3 Å². The highest BCUT2D eigenvalue weighted by molar-refractivity contribution is 5.74. The normalized spacial score (nSPS) is 15.2. The number of aromatic nitrogens is 1. The number of carbonyl (C=O) groups excluding carboxylic acids is 1. The molecule has 1 aromatic carbocycles. The van der Waals surface area contributed by atoms with Crippen LogP contribution < -0.4 is 10.2 Å². The van der Waals surface area contributed by atoms with Gasteiger partial charge in [-0.1, -0.05) is 29.8 Å². The molecule has 2 heterocycles. The largest absolute Gasteiger partial charge is 0.417 e. The standard InChI is InChI=1S/C21H25F3N4O/c1-16-3-5-17(6-4-16)9-10-25-20(29)28-12-2-11-27(13-14-28)19-8-7-18(15-26-19)21(22,23)24/h3-8,15H,2,9-14H2,1H3,(H,25,29). The topological polar surface area (TPSA) is 48.5 Å². The highest BCUT2D eigenvalue weighted by atomic mass is 19.4. The second kappa shape index (κ2) is 9.15. The molecule has 0 atom stereocenters. The van der Waals surface area contributed by atoms with Crippen LogP contribution in [0.3, 0.4) is 0 Å². The van der Waals surface area contributed by atoms with Crippen LogP contribution in [0.25, 0.3) is 0 Å². The van der Waals surface area contributed by atoms with Gasteiger partial charge in [-0.25, -0.2) is 9.78 Å². The molecule has 3 rings (SSSR count). The third kappa shape index (κ3) is 5.85. The molecule has 5 nitrogen and oxygen atoms in total. The molecule has 1 aromatic heterocycles. The quantitative estimate of drug-likeness (QED) is 0.839. The molecule has 1 saturated heterocycles. The molecule has 1 fully saturated rings. The van der Waals surface area contributed by atoms with Gasteiger partial charge < -0.3 is 15.1 Å². The minimum Gasteiger partial charge on any atom is -0.355 e. The Morgan fingerprint density at radius 3 is 2.48 bits per heavy atom. The number of amides is 2. The van der Waals surface area contributed by atoms with E-state index in [4.69, 9.17) is 0 Å². The van der Waals surface area contributed by atoms with E-state index in [9.17, 15) is 18.0 Å². The van der Waals surface area contributed by atoms with Gasteiger partial charge in [0.15, 0.2) is 0 Å². The van der Waals surface area contributed by atoms with Crippen molar-refractivity contribution in [1.29, 1.82) is 0 Å². The fourth-order valence-electron chi connectivity index (χ4n) is 3.27. The van der Waals surface area contributed by atoms with Crippen molar-refractivity contribution in [2.75, 3.05) is 37.6 Å². The first-order chi connectivity index (χ1) is 13.8. The van der Waals surface area contributed by atoms with Crippen LogP contribution in [0.2, 0.25) is 0 Å². The smallest absolute Gasteiger partial charge is 0.355 e. The highest BCUT2D eigenvalue weighted by Crippen LogP contribution is 2.29. The lowest BCUT2D eigenvalue weighted by Gasteiger charge is -2.23. The van der Waals surface area contributed by atoms with E-state index in [-0.39, 0.29) is 6.03 Å². The molecule has 29 heavy (non-hydrogen) atoms. The molecule has 2 amide bonds. The zero-order chi connectivity index (χ0) is 20.9. The third-order valence-electron chi connectivity index (χ3n) is 4.99. The van der Waals surface area contributed by atoms with Crippen LogP contribution in [0.5, 0.6) is 0 Å². The van der Waals surface area contributed by atoms with Crippen LogP contribution in [0.4, 0.5) is 23.8 Å². The van der Waals surface area contributed by atoms with Gasteiger partial charge in [0, 0.05) is 38.9 Å². The second-order valence-corrected chi connectivity index (χ2v) is 7.20. The first kappa shape index (κ1) is 21.0. The summed E-state index contributed by atoms with van der Waals surface area (Å²) in [5, 5.41) is 2.95. The number of nitrogens with one attached hydrogen (secondary N) is 1. The minimum absolute atomic E-state index is 0.112. The molecule has 0 spiro atoms. The summed E-state index contributed by atoms with van der Waals surface area (Å²) in [6.45, 7) is 4.87. The van der Waals surface area contributed by atoms with Gasteiger partial charge >= 0.3 is 12.2 Å². The summed E-state index contributed by atoms with van der Waals surface area (Å²) in [7, 11) is 0. The Bertz CT molecular complexity index is 806. The zero-order valence-corrected chi connectivity index (χ0v) is 16.4. The number of pyridine rings is 1. The Labute approximate surface area is 168 Å². The average Bonchev–Trinajstić information content (AvgIpc) is 2.95. The van der Waals surface area contributed by atoms with Crippen LogP contribution in [0.15, 0.2) is 42.6 Å². The molecule has 0 aliphatic carbocycles. The van der Waals surface area contributed by atoms with E-state index in [2.05, 4.69) is 34.6 Å². The number of nitrogens with zero attached hydrogens (tertiary/aromatic N) is 3. The van der Waals surface area contributed by atoms with Crippen molar-refractivity contribution in [1.82, 2.24) is 15.2 Å². The SMILES string of the molecule is Cc1ccc(CCNC(=O)N2CCCN(c3ccc(C(F)(F)F)cn3)CC2)cc1. The van der Waals surface area contributed by atoms with Gasteiger partial charge in [-0.15, -0.1) is 0 Å². The predicted octanol–water partition coefficient (Wildman–Crippen LogP) is 3.87. The number of alkyl halides is 3. The number of halogens is 3. The number of hydrogen-bond donors (Lipinski definition) is 1. The first-order valence-electron chi connectivity index (χ1n) is 9.69. The molecule has 8 heteroatoms. The van der Waals surface area contributed by atoms with Gasteiger partial charge in [0.25, 0.3) is 0 Å². The molecule has 0 unspecified atom stereocenters. The Morgan fingerprint density at radius 2 is 1.83 bits per heavy atom. The lowest BCUT2D eigenvalue weighted by molar-refractivity contribution is -0.137. The third-order valence-corrected chi connectivity index (χ3v) is 4.99. The number of benzene rings is 1. The van der Waals surface area contributed by atoms with E-state index in [1.54, 1.807) is 4.90 Å². The maximum Gasteiger partial charge on any atom is 0.417 e. The molecule has 1 aliphatic heterocycles. The summed E-state index contributed by atoms with van der Waals surface area (Å²) in [6.07, 6.45) is -2.04. The van der Waals surface area contributed by atoms with Gasteiger partial charge in [0.2, 0.25) is 0 Å². The van der Waals surface area contributed by atoms with Crippen LogP contribution in [-0.2, 0) is 12.6 Å². The molecule has 2 aromatic rings. The molecule has 0 saturated carbocycles. The molecule has 156 valence electrons. The Balaban J connectivity index is 1.48. The van der Waals surface area contributed by atoms with Crippen LogP contribution in [0, 0.1) is 6.92 Å². The predicted molar refractivity (Wildman–Crippen MR) is 106 cm³/mol. The van der Waals surface area contributed by atoms with Crippen molar-refractivity contribution in [2.45, 2.75) is 25.9 Å². The monoisotopic (exact) mass is 406 g/mol. The zero-order valence-electron chi connectivity index (χ0n) is 16.4. The van der Waals surface area contributed by atoms with E-state index in [0.717, 1.165) is 25.1 Å². The average molecular weight is 406 g/mol. The van der Waals surface area contributed by atoms with Crippen LogP contribution >= 0.6 is 0 Å². The Kier molecular flexibility index (Phi) is 6.61. The summed E-state index contributed by atoms with van der Waals surface area (Å²) in [5.41, 5.74) is 1.62. The number of rotatable bonds is 4. The number of hydrogen-bond acceptors (Lipinski definition) is 3. The molecule has 0 radical (unpaired) electrons. The summed E-state index contributed by atoms with van der Waals surface area (Å²) in [4.78, 5) is 20.1. The fraction of sp³-hybridized carbons (Fsp3) is 0.429. The van der Waals surface area contributed by atoms with E-state index in [1.807, 2.05) is 11.8 Å². The second-order valence-electron chi connectivity index (χ2n) is 7.20. The first-order valence-corrected chi connectivity index (χ1v) is 9.69. The summed E-state index contributed by atoms with van der Waals surface area (Å²) in [5.74, 6) is 0.500. The number of aryl methyl sites for hydroxylation is 1. The molecule has 1 N–H and O–H groups in total. The van der Waals surface area contributed by atoms with E-state index < -0.39 is 11.7 Å². The van der Waals surface area contributed by atoms with Crippen LogP contribution in [-0.4, -0.2) is 48.6 Å². The fourth-order valence-corrected chi connectivity index (χ4v) is 3.27. The number of carbonyl (C=O) groups is 1. The highest BCUT2D eigenvalue weighted by Gasteiger charge is 2.31. The van der Waals surface area contributed by atoms with Crippen molar-refractivity contribution >= 4 is 11.8 Å². The van der Waals surface area contributed by atoms with Gasteiger partial charge in [-0.05, 0) is 37.5 Å². The molecule has 1 aliphatic rings. The lowest BCUT2D eigenvalue weighted by Crippen LogP contribution is -2.42. The molecule has 0 bridgehead atoms. The van der Waals surface area contributed by atoms with Crippen molar-refractivity contribution in [2.24, 2.45) is 0 Å². The maximum absolute atomic E-state index is 12.7. The molecular weight excluding hydrogens is 381 g/mol. The number of anilines is 1. The summed E-state index contributed by atoms with van der Waals surface area (Å²) in [6, 6.07) is 10.5. The van der Waals surface area contributed by atoms with Gasteiger partial charge in [-0.2, -0.15) is 13.2 Å². The van der Waals surface area contributed by atoms with Gasteiger partial charge in [-0.3, -0.25) is 0 Å². The lowest BCUT2D eigenvalue weighted by atomic mass is 10.1. The summed E-state index contributed by atoms with van der Waals surface area (Å²) >= 11 is 0. The molecular formula is C21H25F3N4O. The van der Waals surface area contributed by atoms with E-state index in [0.29, 0.717) is 38.5 Å². The van der Waals surface area contributed by atoms with Crippen molar-refractivity contribution in [3.8, 4) is 0 Å². The van der Waals surface area contributed by atoms with E-state index >= 15 is 0 Å². The van der Waals surface area contributed by atoms with Crippen LogP contribution in [0.1, 0.15) is 23.1 Å². The van der Waals surface area contributed by atoms with Crippen molar-refractivity contribution in [3.63, 3.8) is 0 Å². The minimum atomic E-state index is -4.39. The Hall–Kier alpha value is -2.77. The van der Waals surface area contributed by atoms with Gasteiger partial charge in [0.05, 0.1) is 5.56 Å². The number of urea groups is 1. The summed E-state index contributed by atoms with van der Waals surface area (Å²) < 4.78 is 38.1. The van der Waals surface area contributed by atoms with Crippen molar-refractivity contribution < 1.29 is 18.0 Å². The van der Waals surface area contributed by atoms with Gasteiger partial charge in [0.1, 0.15) is 5.82 Å². The Morgan fingerprint density at radius 1 is 1.07 bits per heavy atom. The van der Waals surface area contributed by atoms with E-state index in [1.165, 1.54) is 17.2 Å².